The summed E-state index contributed by atoms with van der Waals surface area (Å²) in [5, 5.41) is 2.80. The monoisotopic (exact) mass is 306 g/mol. The van der Waals surface area contributed by atoms with Crippen molar-refractivity contribution in [2.75, 3.05) is 11.6 Å². The third-order valence-electron chi connectivity index (χ3n) is 2.76. The van der Waals surface area contributed by atoms with Crippen LogP contribution in [0.2, 0.25) is 0 Å². The molecule has 0 aliphatic rings. The van der Waals surface area contributed by atoms with Gasteiger partial charge in [-0.2, -0.15) is 0 Å². The second kappa shape index (κ2) is 5.60. The van der Waals surface area contributed by atoms with Crippen LogP contribution in [0.5, 0.6) is 0 Å². The van der Waals surface area contributed by atoms with Gasteiger partial charge in [0.1, 0.15) is 0 Å². The van der Waals surface area contributed by atoms with Crippen LogP contribution in [-0.4, -0.2) is 19.8 Å². The highest BCUT2D eigenvalue weighted by Gasteiger charge is 2.17. The van der Waals surface area contributed by atoms with Crippen LogP contribution in [0.1, 0.15) is 0 Å². The van der Waals surface area contributed by atoms with Crippen LogP contribution in [0, 0.1) is 0 Å². The van der Waals surface area contributed by atoms with Crippen molar-refractivity contribution in [2.24, 2.45) is 5.73 Å². The van der Waals surface area contributed by atoms with Gasteiger partial charge in [-0.1, -0.05) is 42.5 Å². The second-order valence-corrected chi connectivity index (χ2v) is 6.73. The van der Waals surface area contributed by atoms with E-state index in [0.29, 0.717) is 5.69 Å². The van der Waals surface area contributed by atoms with Gasteiger partial charge in [-0.05, 0) is 23.8 Å². The molecule has 2 aromatic rings. The molecule has 0 spiro atoms. The maximum Gasteiger partial charge on any atom is 0.177 e. The van der Waals surface area contributed by atoms with Gasteiger partial charge in [-0.25, -0.2) is 8.42 Å². The molecular weight excluding hydrogens is 292 g/mol. The summed E-state index contributed by atoms with van der Waals surface area (Å²) in [5.74, 6) is 0. The average Bonchev–Trinajstić information content (AvgIpc) is 2.38. The molecule has 0 aliphatic heterocycles. The first-order chi connectivity index (χ1) is 9.39. The molecule has 0 bridgehead atoms. The fourth-order valence-corrected chi connectivity index (χ4v) is 2.91. The zero-order chi connectivity index (χ0) is 14.8. The Hall–Kier alpha value is -1.92. The van der Waals surface area contributed by atoms with Gasteiger partial charge in [0, 0.05) is 11.8 Å². The van der Waals surface area contributed by atoms with Crippen LogP contribution in [-0.2, 0) is 9.84 Å². The van der Waals surface area contributed by atoms with Gasteiger partial charge in [-0.3, -0.25) is 0 Å². The molecular formula is C14H14N2O2S2. The molecule has 0 heterocycles. The number of sulfone groups is 1. The maximum atomic E-state index is 11.9. The van der Waals surface area contributed by atoms with Crippen LogP contribution in [0.15, 0.2) is 53.4 Å². The van der Waals surface area contributed by atoms with Gasteiger partial charge < -0.3 is 11.1 Å². The van der Waals surface area contributed by atoms with E-state index >= 15 is 0 Å². The van der Waals surface area contributed by atoms with E-state index < -0.39 is 9.84 Å². The van der Waals surface area contributed by atoms with Crippen molar-refractivity contribution in [1.82, 2.24) is 0 Å². The van der Waals surface area contributed by atoms with Gasteiger partial charge in [0.05, 0.1) is 10.6 Å². The van der Waals surface area contributed by atoms with Crippen molar-refractivity contribution in [3.8, 4) is 11.1 Å². The number of hydrogen-bond donors (Lipinski definition) is 2. The van der Waals surface area contributed by atoms with Crippen molar-refractivity contribution >= 4 is 32.9 Å². The highest BCUT2D eigenvalue weighted by Crippen LogP contribution is 2.33. The fraction of sp³-hybridized carbons (Fsp3) is 0.0714. The van der Waals surface area contributed by atoms with Crippen molar-refractivity contribution in [3.05, 3.63) is 48.5 Å². The van der Waals surface area contributed by atoms with Crippen molar-refractivity contribution in [2.45, 2.75) is 4.90 Å². The minimum atomic E-state index is -3.39. The fourth-order valence-electron chi connectivity index (χ4n) is 1.95. The Morgan fingerprint density at radius 2 is 1.75 bits per heavy atom. The Kier molecular flexibility index (Phi) is 4.06. The lowest BCUT2D eigenvalue weighted by molar-refractivity contribution is 0.602. The van der Waals surface area contributed by atoms with E-state index in [1.54, 1.807) is 6.07 Å². The number of hydrogen-bond acceptors (Lipinski definition) is 3. The summed E-state index contributed by atoms with van der Waals surface area (Å²) >= 11 is 4.84. The Labute approximate surface area is 123 Å². The molecule has 104 valence electrons. The molecule has 4 nitrogen and oxygen atoms in total. The van der Waals surface area contributed by atoms with E-state index in [0.717, 1.165) is 17.4 Å². The molecule has 20 heavy (non-hydrogen) atoms. The molecule has 0 atom stereocenters. The molecule has 3 N–H and O–H groups in total. The Morgan fingerprint density at radius 1 is 1.10 bits per heavy atom. The number of thiocarbonyl (C=S) groups is 1. The molecule has 6 heteroatoms. The van der Waals surface area contributed by atoms with Gasteiger partial charge in [0.2, 0.25) is 0 Å². The summed E-state index contributed by atoms with van der Waals surface area (Å²) in [7, 11) is -3.39. The summed E-state index contributed by atoms with van der Waals surface area (Å²) in [6.07, 6.45) is 1.15. The molecule has 2 rings (SSSR count). The third kappa shape index (κ3) is 3.15. The zero-order valence-electron chi connectivity index (χ0n) is 10.8. The quantitative estimate of drug-likeness (QED) is 0.852. The smallest absolute Gasteiger partial charge is 0.177 e. The van der Waals surface area contributed by atoms with E-state index in [1.165, 1.54) is 6.07 Å². The topological polar surface area (TPSA) is 72.2 Å². The number of anilines is 1. The van der Waals surface area contributed by atoms with E-state index in [2.05, 4.69) is 5.32 Å². The summed E-state index contributed by atoms with van der Waals surface area (Å²) in [4.78, 5) is 0.173. The normalized spacial score (nSPS) is 11.1. The predicted molar refractivity (Wildman–Crippen MR) is 85.4 cm³/mol. The molecule has 0 radical (unpaired) electrons. The SMILES string of the molecule is CS(=O)(=O)c1cccc(-c2ccccc2)c1NC(N)=S. The highest BCUT2D eigenvalue weighted by molar-refractivity contribution is 7.90. The Morgan fingerprint density at radius 3 is 2.30 bits per heavy atom. The summed E-state index contributed by atoms with van der Waals surface area (Å²) < 4.78 is 23.8. The lowest BCUT2D eigenvalue weighted by Crippen LogP contribution is -2.21. The number of para-hydroxylation sites is 1. The minimum Gasteiger partial charge on any atom is -0.376 e. The largest absolute Gasteiger partial charge is 0.376 e. The number of rotatable bonds is 3. The molecule has 0 fully saturated rings. The average molecular weight is 306 g/mol. The van der Waals surface area contributed by atoms with Crippen LogP contribution in [0.25, 0.3) is 11.1 Å². The molecule has 0 amide bonds. The molecule has 0 saturated carbocycles. The summed E-state index contributed by atoms with van der Waals surface area (Å²) in [6, 6.07) is 14.5. The standard InChI is InChI=1S/C14H14N2O2S2/c1-20(17,18)12-9-5-8-11(13(12)16-14(15)19)10-6-3-2-4-7-10/h2-9H,1H3,(H3,15,16,19). The third-order valence-corrected chi connectivity index (χ3v) is 4.00. The van der Waals surface area contributed by atoms with Crippen molar-refractivity contribution < 1.29 is 8.42 Å². The Balaban J connectivity index is 2.72. The first kappa shape index (κ1) is 14.5. The van der Waals surface area contributed by atoms with Crippen molar-refractivity contribution in [3.63, 3.8) is 0 Å². The highest BCUT2D eigenvalue weighted by atomic mass is 32.2. The van der Waals surface area contributed by atoms with E-state index in [-0.39, 0.29) is 10.0 Å². The van der Waals surface area contributed by atoms with Gasteiger partial charge >= 0.3 is 0 Å². The number of benzene rings is 2. The van der Waals surface area contributed by atoms with Gasteiger partial charge in [0.25, 0.3) is 0 Å². The molecule has 0 aromatic heterocycles. The van der Waals surface area contributed by atoms with Gasteiger partial charge in [-0.15, -0.1) is 0 Å². The number of nitrogens with one attached hydrogen (secondary N) is 1. The van der Waals surface area contributed by atoms with Crippen LogP contribution in [0.3, 0.4) is 0 Å². The van der Waals surface area contributed by atoms with Crippen LogP contribution < -0.4 is 11.1 Å². The van der Waals surface area contributed by atoms with Crippen LogP contribution in [0.4, 0.5) is 5.69 Å². The molecule has 0 saturated heterocycles. The lowest BCUT2D eigenvalue weighted by atomic mass is 10.0. The second-order valence-electron chi connectivity index (χ2n) is 4.31. The Bertz CT molecular complexity index is 741. The van der Waals surface area contributed by atoms with E-state index in [9.17, 15) is 8.42 Å². The van der Waals surface area contributed by atoms with Gasteiger partial charge in [0.15, 0.2) is 14.9 Å². The number of nitrogens with two attached hydrogens (primary N) is 1. The van der Waals surface area contributed by atoms with Crippen LogP contribution >= 0.6 is 12.2 Å². The zero-order valence-corrected chi connectivity index (χ0v) is 12.5. The van der Waals surface area contributed by atoms with Crippen molar-refractivity contribution in [1.29, 1.82) is 0 Å². The van der Waals surface area contributed by atoms with E-state index in [1.807, 2.05) is 36.4 Å². The summed E-state index contributed by atoms with van der Waals surface area (Å²) in [5.41, 5.74) is 7.54. The molecule has 2 aromatic carbocycles. The lowest BCUT2D eigenvalue weighted by Gasteiger charge is -2.15. The minimum absolute atomic E-state index is 0.0262. The molecule has 0 aliphatic carbocycles. The first-order valence-corrected chi connectivity index (χ1v) is 8.14. The maximum absolute atomic E-state index is 11.9. The first-order valence-electron chi connectivity index (χ1n) is 5.84. The summed E-state index contributed by atoms with van der Waals surface area (Å²) in [6.45, 7) is 0. The molecule has 0 unspecified atom stereocenters. The van der Waals surface area contributed by atoms with E-state index in [4.69, 9.17) is 18.0 Å². The predicted octanol–water partition coefficient (Wildman–Crippen LogP) is 2.41.